The zero-order chi connectivity index (χ0) is 13.5. The van der Waals surface area contributed by atoms with Gasteiger partial charge >= 0.3 is 12.0 Å². The standard InChI is InChI=1S/C13H20N2O4/c1-2-17-12(16)11-9-19-13(15-11)18-7-5-10-4-3-6-14-8-10/h9-10,14H,2-8H2,1H3. The minimum Gasteiger partial charge on any atom is -0.461 e. The number of carbonyl (C=O) groups is 1. The molecule has 6 nitrogen and oxygen atoms in total. The molecule has 2 rings (SSSR count). The van der Waals surface area contributed by atoms with Gasteiger partial charge < -0.3 is 19.2 Å². The second kappa shape index (κ2) is 7.13. The van der Waals surface area contributed by atoms with Crippen LogP contribution >= 0.6 is 0 Å². The van der Waals surface area contributed by atoms with Crippen LogP contribution in [0.1, 0.15) is 36.7 Å². The summed E-state index contributed by atoms with van der Waals surface area (Å²) in [6.45, 7) is 4.77. The van der Waals surface area contributed by atoms with E-state index in [4.69, 9.17) is 13.9 Å². The van der Waals surface area contributed by atoms with Crippen LogP contribution in [0.3, 0.4) is 0 Å². The van der Waals surface area contributed by atoms with Crippen LogP contribution in [0.15, 0.2) is 10.7 Å². The maximum absolute atomic E-state index is 11.4. The van der Waals surface area contributed by atoms with Crippen LogP contribution in [0.4, 0.5) is 0 Å². The highest BCUT2D eigenvalue weighted by atomic mass is 16.6. The van der Waals surface area contributed by atoms with Gasteiger partial charge in [0.05, 0.1) is 13.2 Å². The van der Waals surface area contributed by atoms with Gasteiger partial charge in [0.15, 0.2) is 5.69 Å². The predicted molar refractivity (Wildman–Crippen MR) is 68.2 cm³/mol. The topological polar surface area (TPSA) is 73.6 Å². The van der Waals surface area contributed by atoms with E-state index in [2.05, 4.69) is 10.3 Å². The number of aromatic nitrogens is 1. The van der Waals surface area contributed by atoms with Crippen LogP contribution in [-0.2, 0) is 4.74 Å². The summed E-state index contributed by atoms with van der Waals surface area (Å²) in [5, 5.41) is 3.36. The summed E-state index contributed by atoms with van der Waals surface area (Å²) in [7, 11) is 0. The first-order chi connectivity index (χ1) is 9.29. The van der Waals surface area contributed by atoms with Crippen molar-refractivity contribution in [2.45, 2.75) is 26.2 Å². The molecule has 1 aromatic heterocycles. The van der Waals surface area contributed by atoms with E-state index >= 15 is 0 Å². The predicted octanol–water partition coefficient (Wildman–Crippen LogP) is 1.62. The molecule has 0 aromatic carbocycles. The lowest BCUT2D eigenvalue weighted by atomic mass is 9.97. The van der Waals surface area contributed by atoms with Crippen LogP contribution in [0.25, 0.3) is 0 Å². The minimum absolute atomic E-state index is 0.131. The van der Waals surface area contributed by atoms with E-state index in [9.17, 15) is 4.79 Å². The summed E-state index contributed by atoms with van der Waals surface area (Å²) in [4.78, 5) is 15.3. The minimum atomic E-state index is -0.488. The molecule has 0 bridgehead atoms. The van der Waals surface area contributed by atoms with Gasteiger partial charge in [0.25, 0.3) is 0 Å². The molecule has 1 aromatic rings. The zero-order valence-electron chi connectivity index (χ0n) is 11.2. The number of ether oxygens (including phenoxy) is 2. The number of nitrogens with one attached hydrogen (secondary N) is 1. The molecule has 0 radical (unpaired) electrons. The number of carbonyl (C=O) groups excluding carboxylic acids is 1. The van der Waals surface area contributed by atoms with Gasteiger partial charge in [-0.2, -0.15) is 4.98 Å². The van der Waals surface area contributed by atoms with Crippen molar-refractivity contribution < 1.29 is 18.7 Å². The summed E-state index contributed by atoms with van der Waals surface area (Å²) in [6, 6.07) is 0. The molecule has 19 heavy (non-hydrogen) atoms. The normalized spacial score (nSPS) is 19.1. The van der Waals surface area contributed by atoms with Gasteiger partial charge in [-0.15, -0.1) is 0 Å². The summed E-state index contributed by atoms with van der Waals surface area (Å²) < 4.78 is 15.3. The van der Waals surface area contributed by atoms with Gasteiger partial charge in [-0.05, 0) is 45.2 Å². The van der Waals surface area contributed by atoms with Gasteiger partial charge in [-0.25, -0.2) is 4.79 Å². The third-order valence-corrected chi connectivity index (χ3v) is 3.12. The van der Waals surface area contributed by atoms with Gasteiger partial charge in [-0.3, -0.25) is 0 Å². The lowest BCUT2D eigenvalue weighted by Crippen LogP contribution is -2.30. The Morgan fingerprint density at radius 3 is 3.26 bits per heavy atom. The number of hydrogen-bond donors (Lipinski definition) is 1. The maximum atomic E-state index is 11.4. The van der Waals surface area contributed by atoms with E-state index in [1.165, 1.54) is 19.1 Å². The zero-order valence-corrected chi connectivity index (χ0v) is 11.2. The van der Waals surface area contributed by atoms with Crippen LogP contribution in [0.2, 0.25) is 0 Å². The number of rotatable bonds is 6. The van der Waals surface area contributed by atoms with Gasteiger partial charge in [0.2, 0.25) is 0 Å². The third-order valence-electron chi connectivity index (χ3n) is 3.12. The highest BCUT2D eigenvalue weighted by molar-refractivity contribution is 5.86. The Labute approximate surface area is 112 Å². The Balaban J connectivity index is 1.72. The first-order valence-electron chi connectivity index (χ1n) is 6.75. The Morgan fingerprint density at radius 1 is 1.63 bits per heavy atom. The first-order valence-corrected chi connectivity index (χ1v) is 6.75. The summed E-state index contributed by atoms with van der Waals surface area (Å²) >= 11 is 0. The third kappa shape index (κ3) is 4.24. The molecule has 0 amide bonds. The highest BCUT2D eigenvalue weighted by Gasteiger charge is 2.16. The van der Waals surface area contributed by atoms with E-state index in [0.717, 1.165) is 19.5 Å². The summed E-state index contributed by atoms with van der Waals surface area (Å²) in [5.74, 6) is 0.158. The molecule has 1 saturated heterocycles. The Kier molecular flexibility index (Phi) is 5.20. The smallest absolute Gasteiger partial charge is 0.394 e. The van der Waals surface area contributed by atoms with Crippen molar-refractivity contribution in [3.8, 4) is 6.08 Å². The molecule has 1 atom stereocenters. The fourth-order valence-corrected chi connectivity index (χ4v) is 2.11. The lowest BCUT2D eigenvalue weighted by molar-refractivity contribution is 0.0519. The van der Waals surface area contributed by atoms with E-state index in [0.29, 0.717) is 19.1 Å². The second-order valence-corrected chi connectivity index (χ2v) is 4.57. The van der Waals surface area contributed by atoms with Crippen molar-refractivity contribution in [1.29, 1.82) is 0 Å². The van der Waals surface area contributed by atoms with Crippen molar-refractivity contribution in [2.75, 3.05) is 26.3 Å². The fourth-order valence-electron chi connectivity index (χ4n) is 2.11. The average molecular weight is 268 g/mol. The molecular formula is C13H20N2O4. The van der Waals surface area contributed by atoms with E-state index in [-0.39, 0.29) is 11.8 Å². The van der Waals surface area contributed by atoms with Crippen LogP contribution in [-0.4, -0.2) is 37.3 Å². The molecular weight excluding hydrogens is 248 g/mol. The van der Waals surface area contributed by atoms with E-state index in [1.54, 1.807) is 6.92 Å². The molecule has 1 unspecified atom stereocenters. The first kappa shape index (κ1) is 13.9. The van der Waals surface area contributed by atoms with Crippen molar-refractivity contribution in [2.24, 2.45) is 5.92 Å². The molecule has 1 N–H and O–H groups in total. The van der Waals surface area contributed by atoms with Crippen molar-refractivity contribution in [1.82, 2.24) is 10.3 Å². The SMILES string of the molecule is CCOC(=O)c1coc(OCCC2CCCNC2)n1. The fraction of sp³-hybridized carbons (Fsp3) is 0.692. The lowest BCUT2D eigenvalue weighted by Gasteiger charge is -2.22. The Bertz CT molecular complexity index is 399. The molecule has 1 aliphatic heterocycles. The molecule has 2 heterocycles. The number of esters is 1. The molecule has 0 saturated carbocycles. The Hall–Kier alpha value is -1.56. The van der Waals surface area contributed by atoms with Crippen molar-refractivity contribution in [3.63, 3.8) is 0 Å². The molecule has 1 aliphatic rings. The van der Waals surface area contributed by atoms with Crippen molar-refractivity contribution in [3.05, 3.63) is 12.0 Å². The van der Waals surface area contributed by atoms with Gasteiger partial charge in [0.1, 0.15) is 6.26 Å². The van der Waals surface area contributed by atoms with Crippen LogP contribution < -0.4 is 10.1 Å². The second-order valence-electron chi connectivity index (χ2n) is 4.57. The van der Waals surface area contributed by atoms with Crippen molar-refractivity contribution >= 4 is 5.97 Å². The number of oxazole rings is 1. The van der Waals surface area contributed by atoms with E-state index in [1.807, 2.05) is 0 Å². The number of hydrogen-bond acceptors (Lipinski definition) is 6. The number of piperidine rings is 1. The van der Waals surface area contributed by atoms with E-state index < -0.39 is 5.97 Å². The van der Waals surface area contributed by atoms with Crippen LogP contribution in [0, 0.1) is 5.92 Å². The van der Waals surface area contributed by atoms with Gasteiger partial charge in [0, 0.05) is 0 Å². The van der Waals surface area contributed by atoms with Crippen LogP contribution in [0.5, 0.6) is 6.08 Å². The summed E-state index contributed by atoms with van der Waals surface area (Å²) in [5.41, 5.74) is 0.149. The summed E-state index contributed by atoms with van der Waals surface area (Å²) in [6.07, 6.45) is 4.80. The average Bonchev–Trinajstić information content (AvgIpc) is 2.89. The highest BCUT2D eigenvalue weighted by Crippen LogP contribution is 2.16. The number of nitrogens with zero attached hydrogens (tertiary/aromatic N) is 1. The maximum Gasteiger partial charge on any atom is 0.394 e. The molecule has 0 aliphatic carbocycles. The molecule has 6 heteroatoms. The van der Waals surface area contributed by atoms with Gasteiger partial charge in [-0.1, -0.05) is 0 Å². The largest absolute Gasteiger partial charge is 0.461 e. The Morgan fingerprint density at radius 2 is 2.53 bits per heavy atom. The molecule has 106 valence electrons. The molecule has 0 spiro atoms. The monoisotopic (exact) mass is 268 g/mol. The molecule has 1 fully saturated rings. The quantitative estimate of drug-likeness (QED) is 0.790.